The van der Waals surface area contributed by atoms with Crippen molar-refractivity contribution >= 4 is 11.3 Å². The largest absolute Gasteiger partial charge is 0.326 e. The lowest BCUT2D eigenvalue weighted by Crippen LogP contribution is -2.38. The Bertz CT molecular complexity index is 267. The van der Waals surface area contributed by atoms with E-state index in [-0.39, 0.29) is 6.04 Å². The molecule has 1 heterocycles. The van der Waals surface area contributed by atoms with Gasteiger partial charge in [-0.15, -0.1) is 11.3 Å². The molecule has 0 aromatic carbocycles. The molecule has 0 amide bonds. The van der Waals surface area contributed by atoms with Crippen LogP contribution in [0.25, 0.3) is 0 Å². The van der Waals surface area contributed by atoms with Gasteiger partial charge in [0, 0.05) is 17.5 Å². The first-order valence-electron chi connectivity index (χ1n) is 5.51. The van der Waals surface area contributed by atoms with Crippen molar-refractivity contribution in [2.75, 3.05) is 13.6 Å². The Morgan fingerprint density at radius 3 is 2.47 bits per heavy atom. The minimum atomic E-state index is 0.174. The lowest BCUT2D eigenvalue weighted by atomic mass is 10.1. The van der Waals surface area contributed by atoms with Gasteiger partial charge in [-0.05, 0) is 31.3 Å². The standard InChI is InChI=1S/C12H22N2S/c1-9(2)8-14(4)12(10(3)13)11-6-5-7-15-11/h5-7,9-10,12H,8,13H2,1-4H3. The van der Waals surface area contributed by atoms with E-state index in [2.05, 4.69) is 50.2 Å². The molecule has 0 saturated heterocycles. The predicted molar refractivity (Wildman–Crippen MR) is 68.2 cm³/mol. The fourth-order valence-electron chi connectivity index (χ4n) is 2.03. The summed E-state index contributed by atoms with van der Waals surface area (Å²) in [5.41, 5.74) is 6.07. The summed E-state index contributed by atoms with van der Waals surface area (Å²) in [6, 6.07) is 4.80. The number of likely N-dealkylation sites (N-methyl/N-ethyl adjacent to an activating group) is 1. The van der Waals surface area contributed by atoms with E-state index in [4.69, 9.17) is 5.73 Å². The molecule has 2 N–H and O–H groups in total. The van der Waals surface area contributed by atoms with E-state index in [1.54, 1.807) is 11.3 Å². The van der Waals surface area contributed by atoms with Crippen LogP contribution in [0.5, 0.6) is 0 Å². The predicted octanol–water partition coefficient (Wildman–Crippen LogP) is 2.72. The van der Waals surface area contributed by atoms with Crippen LogP contribution in [0.2, 0.25) is 0 Å². The SMILES string of the molecule is CC(C)CN(C)C(c1cccs1)C(C)N. The molecular formula is C12H22N2S. The van der Waals surface area contributed by atoms with E-state index < -0.39 is 0 Å². The summed E-state index contributed by atoms with van der Waals surface area (Å²) in [6.07, 6.45) is 0. The summed E-state index contributed by atoms with van der Waals surface area (Å²) in [4.78, 5) is 3.73. The van der Waals surface area contributed by atoms with Crippen LogP contribution in [0.4, 0.5) is 0 Å². The van der Waals surface area contributed by atoms with Gasteiger partial charge in [0.05, 0.1) is 6.04 Å². The molecule has 0 aliphatic heterocycles. The third-order valence-corrected chi connectivity index (χ3v) is 3.40. The molecule has 3 heteroatoms. The van der Waals surface area contributed by atoms with E-state index in [1.807, 2.05) is 0 Å². The fourth-order valence-corrected chi connectivity index (χ4v) is 3.03. The summed E-state index contributed by atoms with van der Waals surface area (Å²) in [5.74, 6) is 0.677. The molecule has 0 aliphatic rings. The number of hydrogen-bond acceptors (Lipinski definition) is 3. The Morgan fingerprint density at radius 2 is 2.07 bits per heavy atom. The minimum absolute atomic E-state index is 0.174. The van der Waals surface area contributed by atoms with Gasteiger partial charge in [-0.1, -0.05) is 19.9 Å². The summed E-state index contributed by atoms with van der Waals surface area (Å²) in [5, 5.41) is 2.12. The molecule has 0 fully saturated rings. The van der Waals surface area contributed by atoms with Crippen LogP contribution in [0.15, 0.2) is 17.5 Å². The molecule has 2 unspecified atom stereocenters. The number of nitrogens with zero attached hydrogens (tertiary/aromatic N) is 1. The normalized spacial score (nSPS) is 15.9. The maximum absolute atomic E-state index is 6.07. The highest BCUT2D eigenvalue weighted by Gasteiger charge is 2.22. The number of rotatable bonds is 5. The average molecular weight is 226 g/mol. The molecule has 0 radical (unpaired) electrons. The number of nitrogens with two attached hydrogens (primary N) is 1. The lowest BCUT2D eigenvalue weighted by Gasteiger charge is -2.31. The van der Waals surface area contributed by atoms with Gasteiger partial charge in [-0.3, -0.25) is 4.90 Å². The van der Waals surface area contributed by atoms with Crippen LogP contribution in [0.3, 0.4) is 0 Å². The molecule has 1 rings (SSSR count). The smallest absolute Gasteiger partial charge is 0.0588 e. The van der Waals surface area contributed by atoms with Gasteiger partial charge in [0.2, 0.25) is 0 Å². The Labute approximate surface area is 97.1 Å². The second-order valence-electron chi connectivity index (χ2n) is 4.65. The van der Waals surface area contributed by atoms with Crippen LogP contribution in [-0.4, -0.2) is 24.5 Å². The van der Waals surface area contributed by atoms with Gasteiger partial charge < -0.3 is 5.73 Å². The first-order chi connectivity index (χ1) is 7.02. The lowest BCUT2D eigenvalue weighted by molar-refractivity contribution is 0.200. The number of hydrogen-bond donors (Lipinski definition) is 1. The molecular weight excluding hydrogens is 204 g/mol. The molecule has 15 heavy (non-hydrogen) atoms. The molecule has 2 atom stereocenters. The van der Waals surface area contributed by atoms with Gasteiger partial charge in [0.1, 0.15) is 0 Å². The van der Waals surface area contributed by atoms with Crippen molar-refractivity contribution in [3.63, 3.8) is 0 Å². The topological polar surface area (TPSA) is 29.3 Å². The molecule has 0 spiro atoms. The van der Waals surface area contributed by atoms with E-state index in [0.717, 1.165) is 6.54 Å². The Hall–Kier alpha value is -0.380. The number of thiophene rings is 1. The van der Waals surface area contributed by atoms with Crippen LogP contribution < -0.4 is 5.73 Å². The second-order valence-corrected chi connectivity index (χ2v) is 5.63. The van der Waals surface area contributed by atoms with Crippen molar-refractivity contribution in [1.29, 1.82) is 0 Å². The van der Waals surface area contributed by atoms with Crippen LogP contribution in [0, 0.1) is 5.92 Å². The van der Waals surface area contributed by atoms with Crippen molar-refractivity contribution in [2.24, 2.45) is 11.7 Å². The molecule has 1 aromatic heterocycles. The third-order valence-electron chi connectivity index (χ3n) is 2.46. The highest BCUT2D eigenvalue weighted by atomic mass is 32.1. The highest BCUT2D eigenvalue weighted by molar-refractivity contribution is 7.10. The second kappa shape index (κ2) is 5.64. The minimum Gasteiger partial charge on any atom is -0.326 e. The Morgan fingerprint density at radius 1 is 1.40 bits per heavy atom. The monoisotopic (exact) mass is 226 g/mol. The molecule has 86 valence electrons. The van der Waals surface area contributed by atoms with Gasteiger partial charge in [-0.25, -0.2) is 0 Å². The highest BCUT2D eigenvalue weighted by Crippen LogP contribution is 2.26. The van der Waals surface area contributed by atoms with Crippen LogP contribution in [0.1, 0.15) is 31.7 Å². The maximum atomic E-state index is 6.07. The van der Waals surface area contributed by atoms with Crippen molar-refractivity contribution in [3.8, 4) is 0 Å². The molecule has 0 aliphatic carbocycles. The average Bonchev–Trinajstić information content (AvgIpc) is 2.54. The van der Waals surface area contributed by atoms with Gasteiger partial charge in [0.15, 0.2) is 0 Å². The maximum Gasteiger partial charge on any atom is 0.0588 e. The quantitative estimate of drug-likeness (QED) is 0.836. The third kappa shape index (κ3) is 3.59. The van der Waals surface area contributed by atoms with E-state index in [0.29, 0.717) is 12.0 Å². The van der Waals surface area contributed by atoms with Gasteiger partial charge >= 0.3 is 0 Å². The van der Waals surface area contributed by atoms with E-state index in [9.17, 15) is 0 Å². The van der Waals surface area contributed by atoms with Gasteiger partial charge in [-0.2, -0.15) is 0 Å². The zero-order valence-electron chi connectivity index (χ0n) is 10.1. The van der Waals surface area contributed by atoms with Crippen LogP contribution >= 0.6 is 11.3 Å². The Kier molecular flexibility index (Phi) is 4.77. The van der Waals surface area contributed by atoms with Crippen molar-refractivity contribution in [1.82, 2.24) is 4.90 Å². The van der Waals surface area contributed by atoms with Crippen molar-refractivity contribution in [3.05, 3.63) is 22.4 Å². The zero-order chi connectivity index (χ0) is 11.4. The van der Waals surface area contributed by atoms with Gasteiger partial charge in [0.25, 0.3) is 0 Å². The van der Waals surface area contributed by atoms with Crippen molar-refractivity contribution in [2.45, 2.75) is 32.9 Å². The van der Waals surface area contributed by atoms with Crippen molar-refractivity contribution < 1.29 is 0 Å². The van der Waals surface area contributed by atoms with Crippen LogP contribution in [-0.2, 0) is 0 Å². The summed E-state index contributed by atoms with van der Waals surface area (Å²) in [6.45, 7) is 7.65. The first kappa shape index (κ1) is 12.7. The first-order valence-corrected chi connectivity index (χ1v) is 6.39. The van der Waals surface area contributed by atoms with E-state index in [1.165, 1.54) is 4.88 Å². The summed E-state index contributed by atoms with van der Waals surface area (Å²) in [7, 11) is 2.16. The zero-order valence-corrected chi connectivity index (χ0v) is 10.9. The summed E-state index contributed by atoms with van der Waals surface area (Å²) < 4.78 is 0. The molecule has 0 bridgehead atoms. The fraction of sp³-hybridized carbons (Fsp3) is 0.667. The molecule has 2 nitrogen and oxygen atoms in total. The van der Waals surface area contributed by atoms with E-state index >= 15 is 0 Å². The molecule has 0 saturated carbocycles. The summed E-state index contributed by atoms with van der Waals surface area (Å²) >= 11 is 1.79. The molecule has 1 aromatic rings. The Balaban J connectivity index is 2.74.